The minimum absolute atomic E-state index is 0.0197. The second-order valence-electron chi connectivity index (χ2n) is 6.24. The number of aryl methyl sites for hydroxylation is 2. The average molecular weight is 383 g/mol. The number of aliphatic carboxylic acids is 1. The van der Waals surface area contributed by atoms with Crippen LogP contribution in [0.25, 0.3) is 0 Å². The molecule has 0 aliphatic carbocycles. The Balaban J connectivity index is 2.06. The molecule has 0 aliphatic heterocycles. The largest absolute Gasteiger partial charge is 0.481 e. The van der Waals surface area contributed by atoms with Gasteiger partial charge in [0.15, 0.2) is 0 Å². The highest BCUT2D eigenvalue weighted by molar-refractivity contribution is 5.92. The van der Waals surface area contributed by atoms with E-state index in [0.717, 1.165) is 10.2 Å². The SMILES string of the molecule is Cc1nn(CC(F)(F)F)c(C)c1CC(=O)Nc1cccc(CCC(=O)O)c1. The van der Waals surface area contributed by atoms with Gasteiger partial charge in [0.05, 0.1) is 12.1 Å². The molecule has 2 N–H and O–H groups in total. The number of carboxylic acid groups (broad SMARTS) is 1. The van der Waals surface area contributed by atoms with Crippen molar-refractivity contribution < 1.29 is 27.9 Å². The van der Waals surface area contributed by atoms with Gasteiger partial charge in [0.25, 0.3) is 0 Å². The Morgan fingerprint density at radius 1 is 1.26 bits per heavy atom. The first-order chi connectivity index (χ1) is 12.5. The minimum Gasteiger partial charge on any atom is -0.481 e. The highest BCUT2D eigenvalue weighted by atomic mass is 19.4. The van der Waals surface area contributed by atoms with Crippen molar-refractivity contribution in [3.63, 3.8) is 0 Å². The van der Waals surface area contributed by atoms with E-state index in [1.807, 2.05) is 0 Å². The normalized spacial score (nSPS) is 11.4. The van der Waals surface area contributed by atoms with Crippen LogP contribution in [0, 0.1) is 13.8 Å². The molecule has 27 heavy (non-hydrogen) atoms. The van der Waals surface area contributed by atoms with Crippen molar-refractivity contribution in [2.75, 3.05) is 5.32 Å². The van der Waals surface area contributed by atoms with Crippen molar-refractivity contribution in [1.82, 2.24) is 9.78 Å². The molecule has 0 unspecified atom stereocenters. The Morgan fingerprint density at radius 2 is 1.96 bits per heavy atom. The number of carboxylic acids is 1. The number of benzene rings is 1. The lowest BCUT2D eigenvalue weighted by Gasteiger charge is -2.09. The second kappa shape index (κ2) is 8.24. The van der Waals surface area contributed by atoms with E-state index >= 15 is 0 Å². The number of rotatable bonds is 7. The Bertz CT molecular complexity index is 844. The summed E-state index contributed by atoms with van der Waals surface area (Å²) in [5.74, 6) is -1.30. The first-order valence-electron chi connectivity index (χ1n) is 8.25. The second-order valence-corrected chi connectivity index (χ2v) is 6.24. The Hall–Kier alpha value is -2.84. The molecule has 9 heteroatoms. The molecule has 0 bridgehead atoms. The number of nitrogens with zero attached hydrogens (tertiary/aromatic N) is 2. The number of carbonyl (C=O) groups excluding carboxylic acids is 1. The van der Waals surface area contributed by atoms with Gasteiger partial charge in [-0.3, -0.25) is 14.3 Å². The smallest absolute Gasteiger partial charge is 0.408 e. The highest BCUT2D eigenvalue weighted by Crippen LogP contribution is 2.22. The average Bonchev–Trinajstić information content (AvgIpc) is 2.79. The number of nitrogens with one attached hydrogen (secondary N) is 1. The number of carbonyl (C=O) groups is 2. The first-order valence-corrected chi connectivity index (χ1v) is 8.25. The molecule has 0 atom stereocenters. The van der Waals surface area contributed by atoms with Gasteiger partial charge in [0.1, 0.15) is 6.54 Å². The fraction of sp³-hybridized carbons (Fsp3) is 0.389. The fourth-order valence-corrected chi connectivity index (χ4v) is 2.74. The molecule has 146 valence electrons. The zero-order chi connectivity index (χ0) is 20.2. The van der Waals surface area contributed by atoms with Crippen LogP contribution in [0.15, 0.2) is 24.3 Å². The molecule has 0 aliphatic rings. The summed E-state index contributed by atoms with van der Waals surface area (Å²) >= 11 is 0. The standard InChI is InChI=1S/C18H20F3N3O3/c1-11-15(12(2)24(23-11)10-18(19,20)21)9-16(25)22-14-5-3-4-13(8-14)6-7-17(26)27/h3-5,8H,6-7,9-10H2,1-2H3,(H,22,25)(H,26,27). The fourth-order valence-electron chi connectivity index (χ4n) is 2.74. The topological polar surface area (TPSA) is 84.2 Å². The predicted molar refractivity (Wildman–Crippen MR) is 92.5 cm³/mol. The summed E-state index contributed by atoms with van der Waals surface area (Å²) in [5, 5.41) is 15.3. The van der Waals surface area contributed by atoms with Crippen LogP contribution in [0.3, 0.4) is 0 Å². The Kier molecular flexibility index (Phi) is 6.24. The molecule has 6 nitrogen and oxygen atoms in total. The number of aromatic nitrogens is 2. The third kappa shape index (κ3) is 6.12. The van der Waals surface area contributed by atoms with Gasteiger partial charge in [-0.15, -0.1) is 0 Å². The predicted octanol–water partition coefficient (Wildman–Crippen LogP) is 3.26. The van der Waals surface area contributed by atoms with Gasteiger partial charge in [-0.05, 0) is 38.0 Å². The van der Waals surface area contributed by atoms with E-state index < -0.39 is 18.7 Å². The summed E-state index contributed by atoms with van der Waals surface area (Å²) in [5.41, 5.74) is 2.40. The van der Waals surface area contributed by atoms with Gasteiger partial charge in [-0.25, -0.2) is 0 Å². The quantitative estimate of drug-likeness (QED) is 0.769. The molecule has 0 spiro atoms. The number of hydrogen-bond donors (Lipinski definition) is 2. The highest BCUT2D eigenvalue weighted by Gasteiger charge is 2.30. The maximum absolute atomic E-state index is 12.6. The maximum atomic E-state index is 12.6. The molecule has 2 rings (SSSR count). The van der Waals surface area contributed by atoms with E-state index in [4.69, 9.17) is 5.11 Å². The van der Waals surface area contributed by atoms with E-state index in [1.165, 1.54) is 6.92 Å². The number of amides is 1. The number of halogens is 3. The van der Waals surface area contributed by atoms with E-state index in [9.17, 15) is 22.8 Å². The summed E-state index contributed by atoms with van der Waals surface area (Å²) in [4.78, 5) is 22.9. The van der Waals surface area contributed by atoms with Gasteiger partial charge < -0.3 is 10.4 Å². The van der Waals surface area contributed by atoms with Crippen molar-refractivity contribution in [1.29, 1.82) is 0 Å². The van der Waals surface area contributed by atoms with Gasteiger partial charge in [-0.1, -0.05) is 12.1 Å². The molecule has 1 aromatic carbocycles. The van der Waals surface area contributed by atoms with Crippen molar-refractivity contribution in [2.24, 2.45) is 0 Å². The Labute approximate surface area is 154 Å². The van der Waals surface area contributed by atoms with E-state index in [-0.39, 0.29) is 18.7 Å². The van der Waals surface area contributed by atoms with E-state index in [0.29, 0.717) is 29.1 Å². The van der Waals surface area contributed by atoms with Gasteiger partial charge >= 0.3 is 12.1 Å². The van der Waals surface area contributed by atoms with Crippen molar-refractivity contribution in [3.8, 4) is 0 Å². The van der Waals surface area contributed by atoms with Crippen LogP contribution in [0.5, 0.6) is 0 Å². The number of alkyl halides is 3. The van der Waals surface area contributed by atoms with Crippen LogP contribution in [-0.4, -0.2) is 32.9 Å². The molecule has 0 saturated carbocycles. The lowest BCUT2D eigenvalue weighted by atomic mass is 10.1. The number of anilines is 1. The van der Waals surface area contributed by atoms with Gasteiger partial charge in [0.2, 0.25) is 5.91 Å². The van der Waals surface area contributed by atoms with Crippen LogP contribution in [0.1, 0.15) is 28.9 Å². The van der Waals surface area contributed by atoms with E-state index in [1.54, 1.807) is 31.2 Å². The molecular formula is C18H20F3N3O3. The van der Waals surface area contributed by atoms with Crippen molar-refractivity contribution in [3.05, 3.63) is 46.8 Å². The Morgan fingerprint density at radius 3 is 2.59 bits per heavy atom. The van der Waals surface area contributed by atoms with Crippen molar-refractivity contribution >= 4 is 17.6 Å². The lowest BCUT2D eigenvalue weighted by molar-refractivity contribution is -0.143. The first kappa shape index (κ1) is 20.5. The van der Waals surface area contributed by atoms with E-state index in [2.05, 4.69) is 10.4 Å². The van der Waals surface area contributed by atoms with Crippen molar-refractivity contribution in [2.45, 2.75) is 45.8 Å². The summed E-state index contributed by atoms with van der Waals surface area (Å²) in [7, 11) is 0. The van der Waals surface area contributed by atoms with Crippen LogP contribution in [0.2, 0.25) is 0 Å². The molecular weight excluding hydrogens is 363 g/mol. The van der Waals surface area contributed by atoms with Crippen LogP contribution in [0.4, 0.5) is 18.9 Å². The maximum Gasteiger partial charge on any atom is 0.408 e. The van der Waals surface area contributed by atoms with Crippen LogP contribution in [-0.2, 0) is 29.0 Å². The molecule has 1 aromatic heterocycles. The molecule has 0 radical (unpaired) electrons. The van der Waals surface area contributed by atoms with Gasteiger partial charge in [0, 0.05) is 23.4 Å². The minimum atomic E-state index is -4.39. The lowest BCUT2D eigenvalue weighted by Crippen LogP contribution is -2.20. The van der Waals surface area contributed by atoms with Crippen LogP contribution >= 0.6 is 0 Å². The molecule has 2 aromatic rings. The molecule has 0 fully saturated rings. The number of hydrogen-bond acceptors (Lipinski definition) is 3. The summed E-state index contributed by atoms with van der Waals surface area (Å²) in [6, 6.07) is 6.79. The molecule has 1 amide bonds. The third-order valence-corrected chi connectivity index (χ3v) is 4.04. The third-order valence-electron chi connectivity index (χ3n) is 4.04. The zero-order valence-electron chi connectivity index (χ0n) is 14.9. The molecule has 1 heterocycles. The van der Waals surface area contributed by atoms with Crippen LogP contribution < -0.4 is 5.32 Å². The molecule has 0 saturated heterocycles. The summed E-state index contributed by atoms with van der Waals surface area (Å²) in [6.45, 7) is 1.86. The summed E-state index contributed by atoms with van der Waals surface area (Å²) < 4.78 is 38.6. The zero-order valence-corrected chi connectivity index (χ0v) is 14.9. The monoisotopic (exact) mass is 383 g/mol. The van der Waals surface area contributed by atoms with Gasteiger partial charge in [-0.2, -0.15) is 18.3 Å². The summed E-state index contributed by atoms with van der Waals surface area (Å²) in [6.07, 6.45) is -4.18.